The van der Waals surface area contributed by atoms with Crippen LogP contribution in [0.15, 0.2) is 11.8 Å². The number of ether oxygens (including phenoxy) is 2. The Morgan fingerprint density at radius 2 is 1.56 bits per heavy atom. The van der Waals surface area contributed by atoms with Gasteiger partial charge in [0.05, 0.1) is 25.7 Å². The summed E-state index contributed by atoms with van der Waals surface area (Å²) < 4.78 is 9.24. The zero-order valence-electron chi connectivity index (χ0n) is 10.6. The smallest absolute Gasteiger partial charge is 0.548 e. The summed E-state index contributed by atoms with van der Waals surface area (Å²) in [6.45, 7) is 2.82. The predicted molar refractivity (Wildman–Crippen MR) is 54.4 cm³/mol. The summed E-state index contributed by atoms with van der Waals surface area (Å²) in [7, 11) is 0. The van der Waals surface area contributed by atoms with E-state index in [4.69, 9.17) is 0 Å². The van der Waals surface area contributed by atoms with Crippen LogP contribution in [0.1, 0.15) is 13.8 Å². The molecule has 0 aromatic carbocycles. The molecule has 0 saturated heterocycles. The molecule has 1 N–H and O–H groups in total. The molecule has 0 saturated carbocycles. The van der Waals surface area contributed by atoms with Gasteiger partial charge in [0.2, 0.25) is 0 Å². The molecule has 96 valence electrons. The van der Waals surface area contributed by atoms with Gasteiger partial charge in [0.1, 0.15) is 0 Å². The van der Waals surface area contributed by atoms with E-state index in [0.717, 1.165) is 6.20 Å². The van der Waals surface area contributed by atoms with Crippen LogP contribution in [0.4, 0.5) is 0 Å². The molecule has 0 aliphatic rings. The van der Waals surface area contributed by atoms with Crippen molar-refractivity contribution < 1.29 is 80.3 Å². The third-order valence-corrected chi connectivity index (χ3v) is 1.48. The molecule has 0 rings (SSSR count). The summed E-state index contributed by atoms with van der Waals surface area (Å²) in [5.41, 5.74) is -0.394. The van der Waals surface area contributed by atoms with Crippen molar-refractivity contribution in [3.05, 3.63) is 11.8 Å². The van der Waals surface area contributed by atoms with Crippen LogP contribution < -0.4 is 61.8 Å². The summed E-state index contributed by atoms with van der Waals surface area (Å²) in [4.78, 5) is 32.8. The van der Waals surface area contributed by atoms with Gasteiger partial charge in [-0.1, -0.05) is 0 Å². The zero-order chi connectivity index (χ0) is 13.3. The first-order valence-electron chi connectivity index (χ1n) is 5.00. The third-order valence-electron chi connectivity index (χ3n) is 1.48. The monoisotopic (exact) mass is 283 g/mol. The van der Waals surface area contributed by atoms with E-state index in [1.165, 1.54) is 0 Å². The average molecular weight is 283 g/mol. The fourth-order valence-electron chi connectivity index (χ4n) is 0.855. The van der Waals surface area contributed by atoms with Gasteiger partial charge in [-0.15, -0.1) is 0 Å². The second kappa shape index (κ2) is 11.7. The van der Waals surface area contributed by atoms with Crippen LogP contribution >= 0.6 is 0 Å². The number of hydrogen-bond acceptors (Lipinski definition) is 7. The molecule has 8 heteroatoms. The predicted octanol–water partition coefficient (Wildman–Crippen LogP) is -4.66. The maximum absolute atomic E-state index is 11.3. The molecular formula is C10H14KNO6. The summed E-state index contributed by atoms with van der Waals surface area (Å²) in [6, 6.07) is 0. The molecular weight excluding hydrogens is 269 g/mol. The van der Waals surface area contributed by atoms with Crippen LogP contribution in [0.25, 0.3) is 0 Å². The van der Waals surface area contributed by atoms with Gasteiger partial charge in [-0.2, -0.15) is 0 Å². The van der Waals surface area contributed by atoms with Crippen molar-refractivity contribution in [3.8, 4) is 0 Å². The third kappa shape index (κ3) is 8.64. The van der Waals surface area contributed by atoms with Crippen LogP contribution in [0.2, 0.25) is 0 Å². The van der Waals surface area contributed by atoms with Gasteiger partial charge in [-0.05, 0) is 13.8 Å². The number of carbonyl (C=O) groups is 3. The van der Waals surface area contributed by atoms with E-state index in [2.05, 4.69) is 14.8 Å². The summed E-state index contributed by atoms with van der Waals surface area (Å²) in [6.07, 6.45) is 0.936. The quantitative estimate of drug-likeness (QED) is 0.165. The number of carboxylic acid groups (broad SMARTS) is 1. The minimum atomic E-state index is -1.37. The number of hydrogen-bond donors (Lipinski definition) is 1. The summed E-state index contributed by atoms with van der Waals surface area (Å²) in [5, 5.41) is 12.4. The normalized spacial score (nSPS) is 8.56. The van der Waals surface area contributed by atoms with Gasteiger partial charge in [0.15, 0.2) is 5.57 Å². The summed E-state index contributed by atoms with van der Waals surface area (Å²) >= 11 is 0. The number of rotatable bonds is 7. The molecule has 7 nitrogen and oxygen atoms in total. The molecule has 0 unspecified atom stereocenters. The minimum Gasteiger partial charge on any atom is -0.548 e. The van der Waals surface area contributed by atoms with Gasteiger partial charge in [0, 0.05) is 6.20 Å². The van der Waals surface area contributed by atoms with E-state index in [0.29, 0.717) is 0 Å². The Balaban J connectivity index is 0. The van der Waals surface area contributed by atoms with Crippen LogP contribution in [0.5, 0.6) is 0 Å². The second-order valence-electron chi connectivity index (χ2n) is 2.75. The zero-order valence-corrected chi connectivity index (χ0v) is 13.8. The van der Waals surface area contributed by atoms with Crippen molar-refractivity contribution >= 4 is 17.9 Å². The number of carboxylic acids is 1. The van der Waals surface area contributed by atoms with Crippen LogP contribution in [-0.4, -0.2) is 37.7 Å². The molecule has 0 bridgehead atoms. The molecule has 0 amide bonds. The minimum absolute atomic E-state index is 0. The maximum Gasteiger partial charge on any atom is 1.00 e. The SMILES string of the molecule is CCOC(=O)C(=CNCC(=O)[O-])C(=O)OCC.[K+]. The number of esters is 2. The van der Waals surface area contributed by atoms with E-state index < -0.39 is 30.0 Å². The fourth-order valence-corrected chi connectivity index (χ4v) is 0.855. The first kappa shape index (κ1) is 19.9. The van der Waals surface area contributed by atoms with Crippen LogP contribution in [0, 0.1) is 0 Å². The topological polar surface area (TPSA) is 105 Å². The fraction of sp³-hybridized carbons (Fsp3) is 0.500. The molecule has 0 spiro atoms. The van der Waals surface area contributed by atoms with E-state index in [-0.39, 0.29) is 64.6 Å². The molecule has 0 heterocycles. The Hall–Kier alpha value is -0.414. The molecule has 0 aliphatic heterocycles. The first-order chi connectivity index (χ1) is 8.02. The maximum atomic E-state index is 11.3. The molecule has 0 fully saturated rings. The largest absolute Gasteiger partial charge is 1.00 e. The van der Waals surface area contributed by atoms with Crippen molar-refractivity contribution in [3.63, 3.8) is 0 Å². The van der Waals surface area contributed by atoms with Gasteiger partial charge in [0.25, 0.3) is 0 Å². The van der Waals surface area contributed by atoms with Crippen molar-refractivity contribution in [1.29, 1.82) is 0 Å². The van der Waals surface area contributed by atoms with E-state index >= 15 is 0 Å². The van der Waals surface area contributed by atoms with Crippen molar-refractivity contribution in [1.82, 2.24) is 5.32 Å². The molecule has 0 aliphatic carbocycles. The Morgan fingerprint density at radius 1 is 1.11 bits per heavy atom. The number of nitrogens with one attached hydrogen (secondary N) is 1. The number of aliphatic carboxylic acids is 1. The van der Waals surface area contributed by atoms with Crippen LogP contribution in [-0.2, 0) is 23.9 Å². The Bertz CT molecular complexity index is 308. The van der Waals surface area contributed by atoms with Gasteiger partial charge in [-0.25, -0.2) is 9.59 Å². The Labute approximate surface area is 147 Å². The van der Waals surface area contributed by atoms with Gasteiger partial charge in [-0.3, -0.25) is 0 Å². The molecule has 0 aromatic rings. The molecule has 0 radical (unpaired) electrons. The van der Waals surface area contributed by atoms with Crippen molar-refractivity contribution in [2.45, 2.75) is 13.8 Å². The standard InChI is InChI=1S/C10H15NO6.K/c1-3-16-9(14)7(10(15)17-4-2)5-11-6-8(12)13;/h5,11H,3-4,6H2,1-2H3,(H,12,13);/q;+1/p-1. The van der Waals surface area contributed by atoms with Crippen molar-refractivity contribution in [2.75, 3.05) is 19.8 Å². The Kier molecular flexibility index (Phi) is 12.9. The second-order valence-corrected chi connectivity index (χ2v) is 2.75. The van der Waals surface area contributed by atoms with E-state index in [9.17, 15) is 19.5 Å². The average Bonchev–Trinajstić information content (AvgIpc) is 2.24. The molecule has 0 atom stereocenters. The molecule has 0 aromatic heterocycles. The van der Waals surface area contributed by atoms with Gasteiger partial charge >= 0.3 is 63.3 Å². The molecule has 18 heavy (non-hydrogen) atoms. The van der Waals surface area contributed by atoms with E-state index in [1.54, 1.807) is 13.8 Å². The summed E-state index contributed by atoms with van der Waals surface area (Å²) in [5.74, 6) is -3.12. The van der Waals surface area contributed by atoms with E-state index in [1.807, 2.05) is 0 Å². The number of carbonyl (C=O) groups excluding carboxylic acids is 3. The van der Waals surface area contributed by atoms with Gasteiger partial charge < -0.3 is 24.7 Å². The van der Waals surface area contributed by atoms with Crippen LogP contribution in [0.3, 0.4) is 0 Å². The Morgan fingerprint density at radius 3 is 1.89 bits per heavy atom. The van der Waals surface area contributed by atoms with Crippen molar-refractivity contribution in [2.24, 2.45) is 0 Å². The first-order valence-corrected chi connectivity index (χ1v) is 5.00.